The smallest absolute Gasteiger partial charge is 0.348 e. The molecule has 0 saturated carbocycles. The molecule has 0 amide bonds. The second-order valence-corrected chi connectivity index (χ2v) is 5.97. The standard InChI is InChI=1S/C19H21ClO4/c1-3-13-19(4-2,18(21)22)24-17-11-9-16(10-12-17)23-15-7-5-14(20)6-8-15/h5-12H,3-4,13H2,1-2H3,(H,21,22). The largest absolute Gasteiger partial charge is 0.478 e. The Bertz CT molecular complexity index is 667. The minimum atomic E-state index is -1.19. The van der Waals surface area contributed by atoms with Crippen LogP contribution in [0.3, 0.4) is 0 Å². The Morgan fingerprint density at radius 1 is 1.00 bits per heavy atom. The summed E-state index contributed by atoms with van der Waals surface area (Å²) in [6.07, 6.45) is 1.60. The summed E-state index contributed by atoms with van der Waals surface area (Å²) in [7, 11) is 0. The van der Waals surface area contributed by atoms with Gasteiger partial charge < -0.3 is 14.6 Å². The fraction of sp³-hybridized carbons (Fsp3) is 0.316. The van der Waals surface area contributed by atoms with Gasteiger partial charge in [0.05, 0.1) is 0 Å². The van der Waals surface area contributed by atoms with E-state index in [-0.39, 0.29) is 0 Å². The maximum atomic E-state index is 11.6. The number of hydrogen-bond acceptors (Lipinski definition) is 3. The summed E-state index contributed by atoms with van der Waals surface area (Å²) in [5.74, 6) is 0.884. The first-order chi connectivity index (χ1) is 11.5. The maximum absolute atomic E-state index is 11.6. The number of carboxylic acids is 1. The van der Waals surface area contributed by atoms with Gasteiger partial charge in [0.25, 0.3) is 0 Å². The lowest BCUT2D eigenvalue weighted by molar-refractivity contribution is -0.156. The molecule has 0 radical (unpaired) electrons. The van der Waals surface area contributed by atoms with E-state index in [9.17, 15) is 9.90 Å². The molecule has 0 saturated heterocycles. The first-order valence-electron chi connectivity index (χ1n) is 7.95. The molecule has 1 N–H and O–H groups in total. The van der Waals surface area contributed by atoms with Gasteiger partial charge in [-0.05, 0) is 61.4 Å². The molecule has 4 nitrogen and oxygen atoms in total. The zero-order chi connectivity index (χ0) is 17.6. The van der Waals surface area contributed by atoms with E-state index in [1.807, 2.05) is 13.8 Å². The van der Waals surface area contributed by atoms with Gasteiger partial charge in [-0.2, -0.15) is 0 Å². The fourth-order valence-corrected chi connectivity index (χ4v) is 2.57. The quantitative estimate of drug-likeness (QED) is 0.680. The van der Waals surface area contributed by atoms with E-state index in [2.05, 4.69) is 0 Å². The van der Waals surface area contributed by atoms with Crippen LogP contribution in [0.4, 0.5) is 0 Å². The molecule has 0 bridgehead atoms. The van der Waals surface area contributed by atoms with E-state index in [1.165, 1.54) is 0 Å². The van der Waals surface area contributed by atoms with Crippen molar-refractivity contribution in [1.29, 1.82) is 0 Å². The van der Waals surface area contributed by atoms with Crippen LogP contribution in [-0.4, -0.2) is 16.7 Å². The SMILES string of the molecule is CCCC(CC)(Oc1ccc(Oc2ccc(Cl)cc2)cc1)C(=O)O. The van der Waals surface area contributed by atoms with Gasteiger partial charge in [0.2, 0.25) is 5.60 Å². The molecule has 0 aliphatic heterocycles. The van der Waals surface area contributed by atoms with E-state index < -0.39 is 11.6 Å². The van der Waals surface area contributed by atoms with Crippen LogP contribution in [0.25, 0.3) is 0 Å². The van der Waals surface area contributed by atoms with Gasteiger partial charge in [-0.25, -0.2) is 4.79 Å². The molecule has 128 valence electrons. The summed E-state index contributed by atoms with van der Waals surface area (Å²) < 4.78 is 11.5. The Hall–Kier alpha value is -2.20. The number of benzene rings is 2. The lowest BCUT2D eigenvalue weighted by Gasteiger charge is -2.29. The third kappa shape index (κ3) is 4.42. The first-order valence-corrected chi connectivity index (χ1v) is 8.33. The normalized spacial score (nSPS) is 13.1. The molecule has 1 unspecified atom stereocenters. The molecule has 2 aromatic rings. The lowest BCUT2D eigenvalue weighted by atomic mass is 9.94. The average Bonchev–Trinajstić information content (AvgIpc) is 2.58. The number of carbonyl (C=O) groups is 1. The highest BCUT2D eigenvalue weighted by molar-refractivity contribution is 6.30. The van der Waals surface area contributed by atoms with E-state index >= 15 is 0 Å². The minimum absolute atomic E-state index is 0.402. The monoisotopic (exact) mass is 348 g/mol. The van der Waals surface area contributed by atoms with Crippen LogP contribution in [0.1, 0.15) is 33.1 Å². The third-order valence-corrected chi connectivity index (χ3v) is 4.05. The van der Waals surface area contributed by atoms with Crippen molar-refractivity contribution in [2.24, 2.45) is 0 Å². The summed E-state index contributed by atoms with van der Waals surface area (Å²) >= 11 is 5.84. The zero-order valence-corrected chi connectivity index (χ0v) is 14.5. The van der Waals surface area contributed by atoms with Crippen molar-refractivity contribution < 1.29 is 19.4 Å². The van der Waals surface area contributed by atoms with Gasteiger partial charge in [0.15, 0.2) is 0 Å². The van der Waals surface area contributed by atoms with Crippen LogP contribution in [-0.2, 0) is 4.79 Å². The predicted octanol–water partition coefficient (Wildman–Crippen LogP) is 5.54. The molecule has 24 heavy (non-hydrogen) atoms. The second-order valence-electron chi connectivity index (χ2n) is 5.53. The van der Waals surface area contributed by atoms with Crippen molar-refractivity contribution in [1.82, 2.24) is 0 Å². The number of carboxylic acid groups (broad SMARTS) is 1. The highest BCUT2D eigenvalue weighted by Crippen LogP contribution is 2.29. The molecule has 0 heterocycles. The molecule has 0 aliphatic rings. The predicted molar refractivity (Wildman–Crippen MR) is 94.2 cm³/mol. The van der Waals surface area contributed by atoms with Crippen molar-refractivity contribution in [3.8, 4) is 17.2 Å². The van der Waals surface area contributed by atoms with Crippen molar-refractivity contribution in [2.45, 2.75) is 38.7 Å². The van der Waals surface area contributed by atoms with Crippen LogP contribution in [0, 0.1) is 0 Å². The molecule has 1 atom stereocenters. The van der Waals surface area contributed by atoms with Crippen molar-refractivity contribution in [2.75, 3.05) is 0 Å². The summed E-state index contributed by atoms with van der Waals surface area (Å²) in [5.41, 5.74) is -1.19. The Kier molecular flexibility index (Phi) is 6.10. The highest BCUT2D eigenvalue weighted by atomic mass is 35.5. The van der Waals surface area contributed by atoms with Gasteiger partial charge >= 0.3 is 5.97 Å². The summed E-state index contributed by atoms with van der Waals surface area (Å²) in [4.78, 5) is 11.6. The molecule has 2 rings (SSSR count). The van der Waals surface area contributed by atoms with E-state index in [0.717, 1.165) is 6.42 Å². The highest BCUT2D eigenvalue weighted by Gasteiger charge is 2.38. The molecule has 0 aliphatic carbocycles. The number of hydrogen-bond donors (Lipinski definition) is 1. The van der Waals surface area contributed by atoms with Crippen LogP contribution >= 0.6 is 11.6 Å². The number of rotatable bonds is 8. The van der Waals surface area contributed by atoms with E-state index in [4.69, 9.17) is 21.1 Å². The third-order valence-electron chi connectivity index (χ3n) is 3.80. The van der Waals surface area contributed by atoms with Gasteiger partial charge in [-0.3, -0.25) is 0 Å². The minimum Gasteiger partial charge on any atom is -0.478 e. The van der Waals surface area contributed by atoms with Gasteiger partial charge in [-0.15, -0.1) is 0 Å². The topological polar surface area (TPSA) is 55.8 Å². The van der Waals surface area contributed by atoms with Gasteiger partial charge in [0.1, 0.15) is 17.2 Å². The van der Waals surface area contributed by atoms with Crippen LogP contribution < -0.4 is 9.47 Å². The first kappa shape index (κ1) is 18.1. The summed E-state index contributed by atoms with van der Waals surface area (Å²) in [6, 6.07) is 14.0. The number of halogens is 1. The molecule has 0 spiro atoms. The van der Waals surface area contributed by atoms with Crippen molar-refractivity contribution in [3.05, 3.63) is 53.6 Å². The van der Waals surface area contributed by atoms with Crippen LogP contribution in [0.2, 0.25) is 5.02 Å². The van der Waals surface area contributed by atoms with Crippen molar-refractivity contribution in [3.63, 3.8) is 0 Å². The van der Waals surface area contributed by atoms with Crippen molar-refractivity contribution >= 4 is 17.6 Å². The Morgan fingerprint density at radius 3 is 1.96 bits per heavy atom. The summed E-state index contributed by atoms with van der Waals surface area (Å²) in [6.45, 7) is 3.77. The second kappa shape index (κ2) is 8.06. The lowest BCUT2D eigenvalue weighted by Crippen LogP contribution is -2.43. The number of ether oxygens (including phenoxy) is 2. The van der Waals surface area contributed by atoms with Crippen LogP contribution in [0.15, 0.2) is 48.5 Å². The molecule has 0 aromatic heterocycles. The van der Waals surface area contributed by atoms with Crippen LogP contribution in [0.5, 0.6) is 17.2 Å². The molecular formula is C19H21ClO4. The number of aliphatic carboxylic acids is 1. The molecule has 0 fully saturated rings. The maximum Gasteiger partial charge on any atom is 0.348 e. The van der Waals surface area contributed by atoms with E-state index in [0.29, 0.717) is 35.1 Å². The molecular weight excluding hydrogens is 328 g/mol. The molecule has 5 heteroatoms. The molecule has 2 aromatic carbocycles. The Morgan fingerprint density at radius 2 is 1.50 bits per heavy atom. The Balaban J connectivity index is 2.10. The average molecular weight is 349 g/mol. The van der Waals surface area contributed by atoms with E-state index in [1.54, 1.807) is 48.5 Å². The fourth-order valence-electron chi connectivity index (χ4n) is 2.45. The Labute approximate surface area is 147 Å². The van der Waals surface area contributed by atoms with Gasteiger partial charge in [-0.1, -0.05) is 31.9 Å². The zero-order valence-electron chi connectivity index (χ0n) is 13.8. The van der Waals surface area contributed by atoms with Gasteiger partial charge in [0, 0.05) is 5.02 Å². The summed E-state index contributed by atoms with van der Waals surface area (Å²) in [5, 5.41) is 10.2.